The topological polar surface area (TPSA) is 36.4 Å². The molecule has 124 valence electrons. The molecule has 2 atom stereocenters. The normalized spacial score (nSPS) is 23.9. The van der Waals surface area contributed by atoms with Crippen molar-refractivity contribution in [2.75, 3.05) is 26.2 Å². The second-order valence-electron chi connectivity index (χ2n) is 6.82. The predicted molar refractivity (Wildman–Crippen MR) is 93.4 cm³/mol. The first-order chi connectivity index (χ1) is 11.8. The zero-order chi connectivity index (χ0) is 16.4. The monoisotopic (exact) mass is 321 g/mol. The molecule has 2 fully saturated rings. The van der Waals surface area contributed by atoms with Gasteiger partial charge in [-0.1, -0.05) is 36.4 Å². The van der Waals surface area contributed by atoms with Crippen LogP contribution in [0, 0.1) is 5.92 Å². The van der Waals surface area contributed by atoms with Crippen LogP contribution in [-0.2, 0) is 11.3 Å². The van der Waals surface area contributed by atoms with E-state index < -0.39 is 0 Å². The van der Waals surface area contributed by atoms with Crippen LogP contribution in [-0.4, -0.2) is 46.9 Å². The van der Waals surface area contributed by atoms with Crippen LogP contribution in [0.25, 0.3) is 0 Å². The molecule has 24 heavy (non-hydrogen) atoms. The summed E-state index contributed by atoms with van der Waals surface area (Å²) in [5, 5.41) is 0. The first-order valence-electron chi connectivity index (χ1n) is 8.76. The molecule has 1 saturated heterocycles. The number of rotatable bonds is 4. The molecule has 4 heteroatoms. The van der Waals surface area contributed by atoms with Crippen molar-refractivity contribution in [2.24, 2.45) is 5.92 Å². The van der Waals surface area contributed by atoms with E-state index in [4.69, 9.17) is 0 Å². The van der Waals surface area contributed by atoms with Crippen molar-refractivity contribution in [2.45, 2.75) is 18.9 Å². The minimum atomic E-state index is 0.206. The fourth-order valence-electron chi connectivity index (χ4n) is 3.65. The quantitative estimate of drug-likeness (QED) is 0.868. The number of aromatic nitrogens is 1. The maximum absolute atomic E-state index is 12.7. The number of piperazine rings is 1. The minimum absolute atomic E-state index is 0.206. The summed E-state index contributed by atoms with van der Waals surface area (Å²) in [4.78, 5) is 21.3. The first kappa shape index (κ1) is 15.3. The van der Waals surface area contributed by atoms with Crippen LogP contribution in [0.2, 0.25) is 0 Å². The molecule has 1 aliphatic carbocycles. The highest BCUT2D eigenvalue weighted by Gasteiger charge is 2.45. The van der Waals surface area contributed by atoms with Gasteiger partial charge in [-0.3, -0.25) is 14.7 Å². The van der Waals surface area contributed by atoms with E-state index in [9.17, 15) is 4.79 Å². The van der Waals surface area contributed by atoms with Crippen LogP contribution in [0.15, 0.2) is 54.9 Å². The molecule has 1 aromatic carbocycles. The molecule has 1 amide bonds. The van der Waals surface area contributed by atoms with Gasteiger partial charge >= 0.3 is 0 Å². The van der Waals surface area contributed by atoms with Gasteiger partial charge in [0.25, 0.3) is 0 Å². The summed E-state index contributed by atoms with van der Waals surface area (Å²) >= 11 is 0. The van der Waals surface area contributed by atoms with Gasteiger partial charge in [0.15, 0.2) is 0 Å². The second kappa shape index (κ2) is 6.73. The van der Waals surface area contributed by atoms with Crippen LogP contribution in [0.3, 0.4) is 0 Å². The largest absolute Gasteiger partial charge is 0.340 e. The maximum atomic E-state index is 12.7. The van der Waals surface area contributed by atoms with E-state index in [-0.39, 0.29) is 5.92 Å². The summed E-state index contributed by atoms with van der Waals surface area (Å²) in [7, 11) is 0. The van der Waals surface area contributed by atoms with Gasteiger partial charge in [0.05, 0.1) is 0 Å². The van der Waals surface area contributed by atoms with Gasteiger partial charge in [-0.15, -0.1) is 0 Å². The summed E-state index contributed by atoms with van der Waals surface area (Å²) in [6, 6.07) is 14.5. The molecule has 0 unspecified atom stereocenters. The molecule has 1 saturated carbocycles. The number of pyridine rings is 1. The van der Waals surface area contributed by atoms with Crippen molar-refractivity contribution < 1.29 is 4.79 Å². The number of hydrogen-bond donors (Lipinski definition) is 0. The highest BCUT2D eigenvalue weighted by molar-refractivity contribution is 5.83. The molecular weight excluding hydrogens is 298 g/mol. The zero-order valence-corrected chi connectivity index (χ0v) is 13.8. The van der Waals surface area contributed by atoms with Crippen molar-refractivity contribution in [1.82, 2.24) is 14.8 Å². The number of nitrogens with zero attached hydrogens (tertiary/aromatic N) is 3. The molecule has 1 aromatic heterocycles. The summed E-state index contributed by atoms with van der Waals surface area (Å²) in [6.07, 6.45) is 4.74. The van der Waals surface area contributed by atoms with Gasteiger partial charge in [0, 0.05) is 51.0 Å². The fraction of sp³-hybridized carbons (Fsp3) is 0.400. The lowest BCUT2D eigenvalue weighted by atomic mass is 10.1. The molecule has 4 rings (SSSR count). The fourth-order valence-corrected chi connectivity index (χ4v) is 3.65. The van der Waals surface area contributed by atoms with Gasteiger partial charge in [0.1, 0.15) is 0 Å². The molecule has 0 bridgehead atoms. The number of hydrogen-bond acceptors (Lipinski definition) is 3. The number of carbonyl (C=O) groups is 1. The third-order valence-electron chi connectivity index (χ3n) is 5.15. The van der Waals surface area contributed by atoms with E-state index in [0.717, 1.165) is 39.1 Å². The Bertz CT molecular complexity index is 681. The summed E-state index contributed by atoms with van der Waals surface area (Å²) in [5.41, 5.74) is 2.55. The highest BCUT2D eigenvalue weighted by Crippen LogP contribution is 2.48. The Morgan fingerprint density at radius 1 is 1.04 bits per heavy atom. The van der Waals surface area contributed by atoms with Crippen LogP contribution in [0.4, 0.5) is 0 Å². The lowest BCUT2D eigenvalue weighted by molar-refractivity contribution is -0.134. The van der Waals surface area contributed by atoms with E-state index in [0.29, 0.717) is 11.8 Å². The standard InChI is InChI=1S/C20H23N3O/c24-20(19-13-18(19)17-6-2-1-3-7-17)23-11-9-22(10-12-23)15-16-5-4-8-21-14-16/h1-8,14,18-19H,9-13,15H2/t18-,19-/m0/s1. The highest BCUT2D eigenvalue weighted by atomic mass is 16.2. The summed E-state index contributed by atoms with van der Waals surface area (Å²) in [6.45, 7) is 4.51. The lowest BCUT2D eigenvalue weighted by Gasteiger charge is -2.35. The van der Waals surface area contributed by atoms with Crippen LogP contribution >= 0.6 is 0 Å². The minimum Gasteiger partial charge on any atom is -0.340 e. The van der Waals surface area contributed by atoms with Crippen molar-refractivity contribution in [3.63, 3.8) is 0 Å². The summed E-state index contributed by atoms with van der Waals surface area (Å²) < 4.78 is 0. The average Bonchev–Trinajstić information content (AvgIpc) is 3.44. The van der Waals surface area contributed by atoms with Gasteiger partial charge in [-0.2, -0.15) is 0 Å². The number of carbonyl (C=O) groups excluding carboxylic acids is 1. The third-order valence-corrected chi connectivity index (χ3v) is 5.15. The van der Waals surface area contributed by atoms with Crippen molar-refractivity contribution in [3.8, 4) is 0 Å². The molecule has 4 nitrogen and oxygen atoms in total. The van der Waals surface area contributed by atoms with Gasteiger partial charge < -0.3 is 4.90 Å². The number of benzene rings is 1. The Kier molecular flexibility index (Phi) is 4.30. The predicted octanol–water partition coefficient (Wildman–Crippen LogP) is 2.53. The van der Waals surface area contributed by atoms with Crippen LogP contribution < -0.4 is 0 Å². The molecular formula is C20H23N3O. The Morgan fingerprint density at radius 3 is 2.54 bits per heavy atom. The van der Waals surface area contributed by atoms with Crippen molar-refractivity contribution in [1.29, 1.82) is 0 Å². The molecule has 2 aromatic rings. The van der Waals surface area contributed by atoms with Crippen LogP contribution in [0.5, 0.6) is 0 Å². The van der Waals surface area contributed by atoms with E-state index in [1.165, 1.54) is 11.1 Å². The van der Waals surface area contributed by atoms with E-state index in [2.05, 4.69) is 45.1 Å². The SMILES string of the molecule is O=C([C@H]1C[C@H]1c1ccccc1)N1CCN(Cc2cccnc2)CC1. The Labute approximate surface area is 143 Å². The van der Waals surface area contributed by atoms with E-state index in [1.807, 2.05) is 18.3 Å². The first-order valence-corrected chi connectivity index (χ1v) is 8.76. The van der Waals surface area contributed by atoms with E-state index >= 15 is 0 Å². The second-order valence-corrected chi connectivity index (χ2v) is 6.82. The van der Waals surface area contributed by atoms with Gasteiger partial charge in [-0.05, 0) is 29.5 Å². The van der Waals surface area contributed by atoms with Gasteiger partial charge in [0.2, 0.25) is 5.91 Å². The van der Waals surface area contributed by atoms with E-state index in [1.54, 1.807) is 6.20 Å². The Morgan fingerprint density at radius 2 is 1.83 bits per heavy atom. The molecule has 0 radical (unpaired) electrons. The average molecular weight is 321 g/mol. The molecule has 2 heterocycles. The van der Waals surface area contributed by atoms with Crippen molar-refractivity contribution >= 4 is 5.91 Å². The summed E-state index contributed by atoms with van der Waals surface area (Å²) in [5.74, 6) is 0.995. The smallest absolute Gasteiger partial charge is 0.226 e. The van der Waals surface area contributed by atoms with Crippen molar-refractivity contribution in [3.05, 3.63) is 66.0 Å². The zero-order valence-electron chi connectivity index (χ0n) is 13.8. The number of amides is 1. The third kappa shape index (κ3) is 3.34. The molecule has 0 spiro atoms. The molecule has 0 N–H and O–H groups in total. The maximum Gasteiger partial charge on any atom is 0.226 e. The lowest BCUT2D eigenvalue weighted by Crippen LogP contribution is -2.48. The Hall–Kier alpha value is -2.20. The Balaban J connectivity index is 1.28. The van der Waals surface area contributed by atoms with Crippen LogP contribution in [0.1, 0.15) is 23.5 Å². The van der Waals surface area contributed by atoms with Gasteiger partial charge in [-0.25, -0.2) is 0 Å². The molecule has 2 aliphatic rings. The molecule has 1 aliphatic heterocycles.